The topological polar surface area (TPSA) is 231 Å². The minimum Gasteiger partial charge on any atom is -0.496 e. The molecule has 0 saturated carbocycles. The van der Waals surface area contributed by atoms with Crippen LogP contribution in [-0.2, 0) is 41.6 Å². The first-order valence-corrected chi connectivity index (χ1v) is 17.3. The van der Waals surface area contributed by atoms with Gasteiger partial charge in [0.2, 0.25) is 29.5 Å². The van der Waals surface area contributed by atoms with Gasteiger partial charge in [0.05, 0.1) is 44.7 Å². The summed E-state index contributed by atoms with van der Waals surface area (Å²) in [6.07, 6.45) is -0.123. The molecule has 0 saturated heterocycles. The summed E-state index contributed by atoms with van der Waals surface area (Å²) in [5, 5.41) is 22.6. The summed E-state index contributed by atoms with van der Waals surface area (Å²) in [6.45, 7) is 0.717. The average molecular weight is 758 g/mol. The van der Waals surface area contributed by atoms with E-state index in [1.807, 2.05) is 0 Å². The molecule has 16 heteroatoms. The molecule has 5 amide bonds. The zero-order valence-corrected chi connectivity index (χ0v) is 30.6. The van der Waals surface area contributed by atoms with E-state index in [1.165, 1.54) is 20.3 Å². The van der Waals surface area contributed by atoms with Gasteiger partial charge in [-0.1, -0.05) is 60.7 Å². The third-order valence-electron chi connectivity index (χ3n) is 8.50. The molecule has 1 heterocycles. The zero-order valence-electron chi connectivity index (χ0n) is 30.6. The van der Waals surface area contributed by atoms with Crippen molar-refractivity contribution in [3.8, 4) is 11.5 Å². The fourth-order valence-electron chi connectivity index (χ4n) is 5.66. The maximum atomic E-state index is 13.1. The van der Waals surface area contributed by atoms with Gasteiger partial charge < -0.3 is 45.6 Å². The lowest BCUT2D eigenvalue weighted by Gasteiger charge is -2.19. The van der Waals surface area contributed by atoms with Crippen molar-refractivity contribution in [1.29, 1.82) is 0 Å². The highest BCUT2D eigenvalue weighted by molar-refractivity contribution is 5.93. The van der Waals surface area contributed by atoms with Crippen LogP contribution >= 0.6 is 0 Å². The number of methoxy groups -OCH3 is 2. The number of carboxylic acids is 1. The van der Waals surface area contributed by atoms with E-state index in [2.05, 4.69) is 26.6 Å². The summed E-state index contributed by atoms with van der Waals surface area (Å²) in [7, 11) is 2.91. The van der Waals surface area contributed by atoms with Crippen LogP contribution in [0.3, 0.4) is 0 Å². The highest BCUT2D eigenvalue weighted by Crippen LogP contribution is 2.33. The number of carbonyl (C=O) groups is 6. The molecule has 3 aromatic carbocycles. The van der Waals surface area contributed by atoms with E-state index in [1.54, 1.807) is 73.7 Å². The van der Waals surface area contributed by atoms with Crippen LogP contribution in [0, 0.1) is 6.92 Å². The number of carbonyl (C=O) groups excluding carboxylic acids is 5. The lowest BCUT2D eigenvalue weighted by Crippen LogP contribution is -2.51. The fraction of sp³-hybridized carbons (Fsp3) is 0.308. The number of aryl methyl sites for hydroxylation is 1. The standard InChI is InChI=1S/C39H43N5O11/c1-23-27(39(52)55-30-19-26(53-2)18-29(54-3)35(23)30)20-32(46)41-21-33(47)42-22-34(48)43-28(17-24-11-6-4-7-12-24)37(49)40-16-10-15-31(45)44-36(38(50)51)25-13-8-5-9-14-25/h4-9,11-14,18-19,28,36H,10,15-17,20-22H2,1-3H3,(H,40,49)(H,41,46)(H,42,47)(H,43,48)(H,44,45)(H,50,51)/t28-,36+/m0/s1. The smallest absolute Gasteiger partial charge is 0.340 e. The molecule has 55 heavy (non-hydrogen) atoms. The molecule has 0 unspecified atom stereocenters. The molecule has 0 aliphatic rings. The Labute approximate surface area is 316 Å². The number of amides is 5. The lowest BCUT2D eigenvalue weighted by molar-refractivity contribution is -0.142. The van der Waals surface area contributed by atoms with Gasteiger partial charge in [0.1, 0.15) is 23.1 Å². The molecule has 4 rings (SSSR count). The summed E-state index contributed by atoms with van der Waals surface area (Å²) in [6, 6.07) is 18.1. The number of benzene rings is 3. The van der Waals surface area contributed by atoms with Crippen LogP contribution in [0.1, 0.15) is 41.1 Å². The molecule has 4 aromatic rings. The molecule has 0 fully saturated rings. The second kappa shape index (κ2) is 19.9. The summed E-state index contributed by atoms with van der Waals surface area (Å²) in [5.41, 5.74) is 1.21. The molecule has 290 valence electrons. The van der Waals surface area contributed by atoms with Crippen molar-refractivity contribution in [2.45, 2.75) is 44.7 Å². The van der Waals surface area contributed by atoms with Crippen molar-refractivity contribution in [2.75, 3.05) is 33.9 Å². The molecule has 1 aromatic heterocycles. The number of fused-ring (bicyclic) bond motifs is 1. The molecule has 0 bridgehead atoms. The van der Waals surface area contributed by atoms with Crippen molar-refractivity contribution in [1.82, 2.24) is 26.6 Å². The number of ether oxygens (including phenoxy) is 2. The van der Waals surface area contributed by atoms with Gasteiger partial charge in [-0.2, -0.15) is 0 Å². The van der Waals surface area contributed by atoms with E-state index >= 15 is 0 Å². The van der Waals surface area contributed by atoms with Crippen LogP contribution in [-0.4, -0.2) is 80.5 Å². The number of nitrogens with one attached hydrogen (secondary N) is 5. The van der Waals surface area contributed by atoms with E-state index in [0.29, 0.717) is 28.0 Å². The van der Waals surface area contributed by atoms with Crippen LogP contribution < -0.4 is 41.7 Å². The van der Waals surface area contributed by atoms with Gasteiger partial charge in [0, 0.05) is 31.5 Å². The van der Waals surface area contributed by atoms with Gasteiger partial charge in [-0.15, -0.1) is 0 Å². The van der Waals surface area contributed by atoms with E-state index in [0.717, 1.165) is 5.56 Å². The molecular weight excluding hydrogens is 714 g/mol. The molecule has 0 aliphatic heterocycles. The first kappa shape index (κ1) is 41.1. The molecule has 0 aliphatic carbocycles. The first-order chi connectivity index (χ1) is 26.4. The number of carboxylic acid groups (broad SMARTS) is 1. The largest absolute Gasteiger partial charge is 0.496 e. The predicted octanol–water partition coefficient (Wildman–Crippen LogP) is 1.46. The maximum Gasteiger partial charge on any atom is 0.340 e. The number of hydrogen-bond acceptors (Lipinski definition) is 10. The Morgan fingerprint density at radius 3 is 2.09 bits per heavy atom. The maximum absolute atomic E-state index is 13.1. The van der Waals surface area contributed by atoms with Gasteiger partial charge in [-0.3, -0.25) is 24.0 Å². The van der Waals surface area contributed by atoms with E-state index in [9.17, 15) is 38.7 Å². The molecular formula is C39H43N5O11. The van der Waals surface area contributed by atoms with Crippen LogP contribution in [0.5, 0.6) is 11.5 Å². The van der Waals surface area contributed by atoms with Crippen LogP contribution in [0.25, 0.3) is 11.0 Å². The SMILES string of the molecule is COc1cc(OC)c2c(C)c(CC(=O)NCC(=O)NCC(=O)N[C@@H](Cc3ccccc3)C(=O)NCCCC(=O)N[C@@H](C(=O)O)c3ccccc3)c(=O)oc2c1. The highest BCUT2D eigenvalue weighted by atomic mass is 16.5. The van der Waals surface area contributed by atoms with Gasteiger partial charge >= 0.3 is 11.6 Å². The van der Waals surface area contributed by atoms with Crippen molar-refractivity contribution >= 4 is 46.5 Å². The second-order valence-corrected chi connectivity index (χ2v) is 12.4. The summed E-state index contributed by atoms with van der Waals surface area (Å²) < 4.78 is 16.1. The normalized spacial score (nSPS) is 11.8. The van der Waals surface area contributed by atoms with Crippen LogP contribution in [0.2, 0.25) is 0 Å². The summed E-state index contributed by atoms with van der Waals surface area (Å²) >= 11 is 0. The predicted molar refractivity (Wildman–Crippen MR) is 199 cm³/mol. The average Bonchev–Trinajstić information content (AvgIpc) is 3.18. The lowest BCUT2D eigenvalue weighted by atomic mass is 10.0. The second-order valence-electron chi connectivity index (χ2n) is 12.4. The van der Waals surface area contributed by atoms with Crippen molar-refractivity contribution in [2.24, 2.45) is 0 Å². The van der Waals surface area contributed by atoms with Gasteiger partial charge in [0.15, 0.2) is 6.04 Å². The van der Waals surface area contributed by atoms with Gasteiger partial charge in [-0.25, -0.2) is 9.59 Å². The Morgan fingerprint density at radius 2 is 1.44 bits per heavy atom. The monoisotopic (exact) mass is 757 g/mol. The van der Waals surface area contributed by atoms with E-state index in [4.69, 9.17) is 13.9 Å². The zero-order chi connectivity index (χ0) is 39.9. The van der Waals surface area contributed by atoms with Crippen molar-refractivity contribution in [3.05, 3.63) is 105 Å². The fourth-order valence-corrected chi connectivity index (χ4v) is 5.66. The third-order valence-corrected chi connectivity index (χ3v) is 8.50. The Balaban J connectivity index is 1.26. The van der Waals surface area contributed by atoms with E-state index in [-0.39, 0.29) is 43.4 Å². The number of aliphatic carboxylic acids is 1. The summed E-state index contributed by atoms with van der Waals surface area (Å²) in [5.74, 6) is -3.46. The van der Waals surface area contributed by atoms with Gasteiger partial charge in [0.25, 0.3) is 0 Å². The number of hydrogen-bond donors (Lipinski definition) is 6. The van der Waals surface area contributed by atoms with Crippen LogP contribution in [0.15, 0.2) is 82.0 Å². The molecule has 6 N–H and O–H groups in total. The Kier molecular flexibility index (Phi) is 14.9. The molecule has 2 atom stereocenters. The molecule has 16 nitrogen and oxygen atoms in total. The van der Waals surface area contributed by atoms with Crippen molar-refractivity contribution in [3.63, 3.8) is 0 Å². The minimum atomic E-state index is -1.22. The van der Waals surface area contributed by atoms with E-state index < -0.39 is 66.3 Å². The molecule has 0 spiro atoms. The first-order valence-electron chi connectivity index (χ1n) is 17.3. The van der Waals surface area contributed by atoms with Crippen molar-refractivity contribution < 1.29 is 47.8 Å². The Bertz CT molecular complexity index is 2070. The minimum absolute atomic E-state index is 0.0607. The summed E-state index contributed by atoms with van der Waals surface area (Å²) in [4.78, 5) is 88.2. The Hall–Kier alpha value is -6.71. The molecule has 0 radical (unpaired) electrons. The van der Waals surface area contributed by atoms with Gasteiger partial charge in [-0.05, 0) is 30.0 Å². The highest BCUT2D eigenvalue weighted by Gasteiger charge is 2.24. The van der Waals surface area contributed by atoms with Crippen LogP contribution in [0.4, 0.5) is 0 Å². The Morgan fingerprint density at radius 1 is 0.782 bits per heavy atom. The number of rotatable bonds is 19. The quantitative estimate of drug-likeness (QED) is 0.0592. The third kappa shape index (κ3) is 11.9.